The number of nitrogens with zero attached hydrogens (tertiary/aromatic N) is 1. The molecule has 100 valence electrons. The topological polar surface area (TPSA) is 62.2 Å². The normalized spacial score (nSPS) is 15.8. The summed E-state index contributed by atoms with van der Waals surface area (Å²) in [5.41, 5.74) is -1.07. The molecule has 0 saturated heterocycles. The maximum absolute atomic E-state index is 13.3. The number of amides is 1. The molecule has 0 spiro atoms. The van der Waals surface area contributed by atoms with Crippen molar-refractivity contribution in [3.8, 4) is 0 Å². The van der Waals surface area contributed by atoms with Crippen molar-refractivity contribution in [1.82, 2.24) is 10.3 Å². The zero-order valence-electron chi connectivity index (χ0n) is 10.9. The van der Waals surface area contributed by atoms with Crippen LogP contribution in [0.3, 0.4) is 0 Å². The molecule has 0 saturated carbocycles. The van der Waals surface area contributed by atoms with Gasteiger partial charge in [0, 0.05) is 12.7 Å². The molecule has 1 amide bonds. The fraction of sp³-hybridized carbons (Fsp3) is 0.538. The number of nitrogens with one attached hydrogen (secondary N) is 1. The third kappa shape index (κ3) is 3.50. The van der Waals surface area contributed by atoms with E-state index < -0.39 is 17.3 Å². The van der Waals surface area contributed by atoms with Gasteiger partial charge in [-0.1, -0.05) is 20.3 Å². The molecule has 0 fully saturated rings. The molecule has 0 aromatic carbocycles. The van der Waals surface area contributed by atoms with Crippen LogP contribution in [0.2, 0.25) is 0 Å². The van der Waals surface area contributed by atoms with Crippen molar-refractivity contribution >= 4 is 5.91 Å². The van der Waals surface area contributed by atoms with Gasteiger partial charge in [0.1, 0.15) is 0 Å². The van der Waals surface area contributed by atoms with Gasteiger partial charge in [-0.3, -0.25) is 9.78 Å². The minimum absolute atomic E-state index is 0.0417. The van der Waals surface area contributed by atoms with E-state index in [0.29, 0.717) is 0 Å². The Labute approximate surface area is 106 Å². The van der Waals surface area contributed by atoms with E-state index in [9.17, 15) is 14.3 Å². The van der Waals surface area contributed by atoms with E-state index in [2.05, 4.69) is 10.3 Å². The number of aromatic nitrogens is 1. The summed E-state index contributed by atoms with van der Waals surface area (Å²) in [6, 6.07) is 1.31. The molecule has 1 heterocycles. The van der Waals surface area contributed by atoms with Gasteiger partial charge in [-0.05, 0) is 18.9 Å². The molecule has 0 radical (unpaired) electrons. The molecule has 18 heavy (non-hydrogen) atoms. The highest BCUT2D eigenvalue weighted by Gasteiger charge is 2.27. The lowest BCUT2D eigenvalue weighted by Gasteiger charge is -2.29. The molecule has 1 aromatic rings. The maximum atomic E-state index is 13.3. The number of hydrogen-bond donors (Lipinski definition) is 2. The van der Waals surface area contributed by atoms with Gasteiger partial charge in [0.25, 0.3) is 5.91 Å². The number of carbonyl (C=O) groups is 1. The second kappa shape index (κ2) is 5.91. The van der Waals surface area contributed by atoms with Crippen molar-refractivity contribution in [2.75, 3.05) is 6.54 Å². The lowest BCUT2D eigenvalue weighted by atomic mass is 9.88. The molecule has 1 rings (SSSR count). The number of hydrogen-bond acceptors (Lipinski definition) is 3. The average molecular weight is 254 g/mol. The Kier molecular flexibility index (Phi) is 4.78. The third-order valence-electron chi connectivity index (χ3n) is 3.30. The Hall–Kier alpha value is -1.49. The summed E-state index contributed by atoms with van der Waals surface area (Å²) in [6.45, 7) is 5.61. The van der Waals surface area contributed by atoms with E-state index in [-0.39, 0.29) is 18.0 Å². The predicted octanol–water partition coefficient (Wildman–Crippen LogP) is 1.75. The molecule has 5 heteroatoms. The van der Waals surface area contributed by atoms with Crippen molar-refractivity contribution < 1.29 is 14.3 Å². The van der Waals surface area contributed by atoms with Gasteiger partial charge in [0.15, 0.2) is 5.82 Å². The van der Waals surface area contributed by atoms with Crippen LogP contribution in [0.1, 0.15) is 37.6 Å². The molecule has 2 N–H and O–H groups in total. The van der Waals surface area contributed by atoms with E-state index in [1.165, 1.54) is 12.3 Å². The summed E-state index contributed by atoms with van der Waals surface area (Å²) in [4.78, 5) is 15.3. The van der Waals surface area contributed by atoms with E-state index in [1.54, 1.807) is 6.92 Å². The lowest BCUT2D eigenvalue weighted by Crippen LogP contribution is -2.45. The summed E-state index contributed by atoms with van der Waals surface area (Å²) < 4.78 is 13.3. The summed E-state index contributed by atoms with van der Waals surface area (Å²) in [6.07, 6.45) is 3.14. The third-order valence-corrected chi connectivity index (χ3v) is 3.30. The first-order valence-corrected chi connectivity index (χ1v) is 5.98. The SMILES string of the molecule is CCC(C)C(C)(O)CNC(=O)c1ccncc1F. The summed E-state index contributed by atoms with van der Waals surface area (Å²) >= 11 is 0. The van der Waals surface area contributed by atoms with Crippen LogP contribution in [-0.2, 0) is 0 Å². The first-order chi connectivity index (χ1) is 8.38. The van der Waals surface area contributed by atoms with Crippen LogP contribution in [0.25, 0.3) is 0 Å². The standard InChI is InChI=1S/C13H19FN2O2/c1-4-9(2)13(3,18)8-16-12(17)10-5-6-15-7-11(10)14/h5-7,9,18H,4,8H2,1-3H3,(H,16,17). The molecule has 0 aliphatic carbocycles. The molecule has 1 aromatic heterocycles. The maximum Gasteiger partial charge on any atom is 0.254 e. The van der Waals surface area contributed by atoms with Crippen LogP contribution in [0.4, 0.5) is 4.39 Å². The van der Waals surface area contributed by atoms with Crippen molar-refractivity contribution in [2.24, 2.45) is 5.92 Å². The van der Waals surface area contributed by atoms with Gasteiger partial charge in [-0.25, -0.2) is 4.39 Å². The molecule has 0 bridgehead atoms. The zero-order valence-corrected chi connectivity index (χ0v) is 10.9. The average Bonchev–Trinajstić information content (AvgIpc) is 2.35. The van der Waals surface area contributed by atoms with Crippen LogP contribution >= 0.6 is 0 Å². The summed E-state index contributed by atoms with van der Waals surface area (Å²) in [7, 11) is 0. The second-order valence-electron chi connectivity index (χ2n) is 4.70. The van der Waals surface area contributed by atoms with Gasteiger partial charge in [0.2, 0.25) is 0 Å². The van der Waals surface area contributed by atoms with Crippen molar-refractivity contribution in [2.45, 2.75) is 32.8 Å². The van der Waals surface area contributed by atoms with Gasteiger partial charge >= 0.3 is 0 Å². The first-order valence-electron chi connectivity index (χ1n) is 5.98. The monoisotopic (exact) mass is 254 g/mol. The Bertz CT molecular complexity index is 421. The summed E-state index contributed by atoms with van der Waals surface area (Å²) in [5.74, 6) is -1.17. The van der Waals surface area contributed by atoms with Gasteiger partial charge in [-0.2, -0.15) is 0 Å². The first kappa shape index (κ1) is 14.6. The molecule has 0 aliphatic heterocycles. The predicted molar refractivity (Wildman–Crippen MR) is 66.6 cm³/mol. The van der Waals surface area contributed by atoms with Crippen LogP contribution in [-0.4, -0.2) is 28.1 Å². The van der Waals surface area contributed by atoms with Crippen LogP contribution in [0.5, 0.6) is 0 Å². The fourth-order valence-corrected chi connectivity index (χ4v) is 1.53. The minimum atomic E-state index is -1.01. The minimum Gasteiger partial charge on any atom is -0.388 e. The number of carbonyl (C=O) groups excluding carboxylic acids is 1. The van der Waals surface area contributed by atoms with Crippen LogP contribution < -0.4 is 5.32 Å². The highest BCUT2D eigenvalue weighted by molar-refractivity contribution is 5.94. The van der Waals surface area contributed by atoms with Crippen molar-refractivity contribution in [3.63, 3.8) is 0 Å². The lowest BCUT2D eigenvalue weighted by molar-refractivity contribution is 0.00588. The van der Waals surface area contributed by atoms with Crippen LogP contribution in [0.15, 0.2) is 18.5 Å². The highest BCUT2D eigenvalue weighted by Crippen LogP contribution is 2.19. The van der Waals surface area contributed by atoms with E-state index >= 15 is 0 Å². The largest absolute Gasteiger partial charge is 0.388 e. The van der Waals surface area contributed by atoms with Gasteiger partial charge in [0.05, 0.1) is 17.4 Å². The molecule has 2 atom stereocenters. The Morgan fingerprint density at radius 1 is 1.67 bits per heavy atom. The molecule has 0 aliphatic rings. The zero-order chi connectivity index (χ0) is 13.8. The fourth-order valence-electron chi connectivity index (χ4n) is 1.53. The van der Waals surface area contributed by atoms with E-state index in [4.69, 9.17) is 0 Å². The number of pyridine rings is 1. The molecule has 2 unspecified atom stereocenters. The quantitative estimate of drug-likeness (QED) is 0.841. The van der Waals surface area contributed by atoms with Crippen molar-refractivity contribution in [1.29, 1.82) is 0 Å². The molecular weight excluding hydrogens is 235 g/mol. The molecular formula is C13H19FN2O2. The molecule has 4 nitrogen and oxygen atoms in total. The number of aliphatic hydroxyl groups is 1. The van der Waals surface area contributed by atoms with Gasteiger partial charge in [-0.15, -0.1) is 0 Å². The summed E-state index contributed by atoms with van der Waals surface area (Å²) in [5, 5.41) is 12.7. The second-order valence-corrected chi connectivity index (χ2v) is 4.70. The van der Waals surface area contributed by atoms with Crippen molar-refractivity contribution in [3.05, 3.63) is 29.8 Å². The van der Waals surface area contributed by atoms with E-state index in [0.717, 1.165) is 12.6 Å². The smallest absolute Gasteiger partial charge is 0.254 e. The number of rotatable bonds is 5. The highest BCUT2D eigenvalue weighted by atomic mass is 19.1. The number of halogens is 1. The van der Waals surface area contributed by atoms with E-state index in [1.807, 2.05) is 13.8 Å². The Morgan fingerprint density at radius 3 is 2.89 bits per heavy atom. The Morgan fingerprint density at radius 2 is 2.33 bits per heavy atom. The van der Waals surface area contributed by atoms with Crippen LogP contribution in [0, 0.1) is 11.7 Å². The Balaban J connectivity index is 2.65. The van der Waals surface area contributed by atoms with Gasteiger partial charge < -0.3 is 10.4 Å².